The quantitative estimate of drug-likeness (QED) is 0.763. The highest BCUT2D eigenvalue weighted by molar-refractivity contribution is 6.30. The molecule has 6 nitrogen and oxygen atoms in total. The Morgan fingerprint density at radius 1 is 1.36 bits per heavy atom. The lowest BCUT2D eigenvalue weighted by molar-refractivity contribution is -0.122. The molecule has 1 aromatic rings. The van der Waals surface area contributed by atoms with Gasteiger partial charge in [0.25, 0.3) is 0 Å². The van der Waals surface area contributed by atoms with Crippen LogP contribution in [-0.2, 0) is 16.0 Å². The van der Waals surface area contributed by atoms with E-state index in [1.165, 1.54) is 12.1 Å². The molecule has 0 radical (unpaired) electrons. The Bertz CT molecular complexity index is 750. The average Bonchev–Trinajstić information content (AvgIpc) is 2.49. The van der Waals surface area contributed by atoms with Crippen LogP contribution in [0, 0.1) is 0 Å². The minimum atomic E-state index is -0.653. The van der Waals surface area contributed by atoms with E-state index in [1.807, 2.05) is 25.7 Å². The number of nitrogens with one attached hydrogen (secondary N) is 1. The van der Waals surface area contributed by atoms with Gasteiger partial charge in [0, 0.05) is 28.0 Å². The fourth-order valence-electron chi connectivity index (χ4n) is 2.58. The number of halogens is 1. The maximum atomic E-state index is 12.2. The van der Waals surface area contributed by atoms with Gasteiger partial charge in [-0.1, -0.05) is 11.6 Å². The van der Waals surface area contributed by atoms with Crippen LogP contribution in [0.2, 0.25) is 5.02 Å². The van der Waals surface area contributed by atoms with E-state index in [2.05, 4.69) is 5.32 Å². The second-order valence-corrected chi connectivity index (χ2v) is 7.30. The molecule has 25 heavy (non-hydrogen) atoms. The standard InChI is InChI=1S/C18H22ClN3O3/c1-18(2,3)22-7-6-13(10-14(22)17(20)25)21-16(24)9-11-8-12(19)4-5-15(11)23/h4-8,10,14,23H,9H2,1-3H3,(H2,20,25)(H,21,24). The van der Waals surface area contributed by atoms with Crippen molar-refractivity contribution in [2.24, 2.45) is 5.73 Å². The van der Waals surface area contributed by atoms with Gasteiger partial charge in [-0.3, -0.25) is 9.59 Å². The van der Waals surface area contributed by atoms with Gasteiger partial charge in [-0.05, 0) is 51.1 Å². The Morgan fingerprint density at radius 3 is 2.64 bits per heavy atom. The molecule has 1 heterocycles. The largest absolute Gasteiger partial charge is 0.508 e. The first kappa shape index (κ1) is 18.9. The van der Waals surface area contributed by atoms with Gasteiger partial charge in [-0.15, -0.1) is 0 Å². The molecular weight excluding hydrogens is 342 g/mol. The summed E-state index contributed by atoms with van der Waals surface area (Å²) in [5.74, 6) is -0.832. The first-order chi connectivity index (χ1) is 11.6. The van der Waals surface area contributed by atoms with Crippen molar-refractivity contribution in [2.75, 3.05) is 0 Å². The van der Waals surface area contributed by atoms with Crippen LogP contribution in [0.1, 0.15) is 26.3 Å². The van der Waals surface area contributed by atoms with Crippen molar-refractivity contribution >= 4 is 23.4 Å². The Balaban J connectivity index is 2.12. The second-order valence-electron chi connectivity index (χ2n) is 6.86. The van der Waals surface area contributed by atoms with Crippen LogP contribution in [0.5, 0.6) is 5.75 Å². The van der Waals surface area contributed by atoms with E-state index in [1.54, 1.807) is 24.4 Å². The van der Waals surface area contributed by atoms with Crippen LogP contribution in [0.15, 0.2) is 42.2 Å². The van der Waals surface area contributed by atoms with Gasteiger partial charge in [-0.2, -0.15) is 0 Å². The first-order valence-electron chi connectivity index (χ1n) is 7.83. The zero-order chi connectivity index (χ0) is 18.8. The molecule has 7 heteroatoms. The maximum absolute atomic E-state index is 12.2. The molecule has 134 valence electrons. The van der Waals surface area contributed by atoms with Crippen LogP contribution in [0.3, 0.4) is 0 Å². The molecule has 0 bridgehead atoms. The van der Waals surface area contributed by atoms with E-state index in [0.717, 1.165) is 0 Å². The van der Waals surface area contributed by atoms with Gasteiger partial charge in [0.1, 0.15) is 11.8 Å². The molecule has 0 spiro atoms. The summed E-state index contributed by atoms with van der Waals surface area (Å²) in [6, 6.07) is 3.87. The summed E-state index contributed by atoms with van der Waals surface area (Å²) in [4.78, 5) is 25.8. The highest BCUT2D eigenvalue weighted by Crippen LogP contribution is 2.24. The molecule has 1 aromatic carbocycles. The van der Waals surface area contributed by atoms with Crippen molar-refractivity contribution in [2.45, 2.75) is 38.8 Å². The number of aromatic hydroxyl groups is 1. The molecule has 0 fully saturated rings. The molecular formula is C18H22ClN3O3. The predicted octanol–water partition coefficient (Wildman–Crippen LogP) is 2.07. The van der Waals surface area contributed by atoms with E-state index >= 15 is 0 Å². The van der Waals surface area contributed by atoms with Crippen molar-refractivity contribution in [1.82, 2.24) is 10.2 Å². The third-order valence-electron chi connectivity index (χ3n) is 3.79. The number of hydrogen-bond donors (Lipinski definition) is 3. The van der Waals surface area contributed by atoms with Crippen LogP contribution in [0.25, 0.3) is 0 Å². The molecule has 1 aliphatic heterocycles. The summed E-state index contributed by atoms with van der Waals surface area (Å²) in [5, 5.41) is 12.9. The van der Waals surface area contributed by atoms with Crippen molar-refractivity contribution < 1.29 is 14.7 Å². The van der Waals surface area contributed by atoms with Crippen LogP contribution in [-0.4, -0.2) is 33.4 Å². The number of phenols is 1. The minimum absolute atomic E-state index is 0.00151. The lowest BCUT2D eigenvalue weighted by atomic mass is 10.00. The number of carbonyl (C=O) groups is 2. The van der Waals surface area contributed by atoms with Gasteiger partial charge in [0.2, 0.25) is 11.8 Å². The minimum Gasteiger partial charge on any atom is -0.508 e. The van der Waals surface area contributed by atoms with Crippen molar-refractivity contribution in [3.05, 3.63) is 52.8 Å². The number of allylic oxidation sites excluding steroid dienone is 1. The lowest BCUT2D eigenvalue weighted by Gasteiger charge is -2.40. The number of amides is 2. The van der Waals surface area contributed by atoms with Gasteiger partial charge >= 0.3 is 0 Å². The number of nitrogens with two attached hydrogens (primary N) is 1. The molecule has 1 unspecified atom stereocenters. The van der Waals surface area contributed by atoms with Gasteiger partial charge in [0.15, 0.2) is 0 Å². The fraction of sp³-hybridized carbons (Fsp3) is 0.333. The summed E-state index contributed by atoms with van der Waals surface area (Å²) < 4.78 is 0. The van der Waals surface area contributed by atoms with E-state index < -0.39 is 11.9 Å². The van der Waals surface area contributed by atoms with Crippen LogP contribution in [0.4, 0.5) is 0 Å². The second kappa shape index (κ2) is 7.19. The molecule has 0 saturated carbocycles. The number of hydrogen-bond acceptors (Lipinski definition) is 4. The SMILES string of the molecule is CC(C)(C)N1C=CC(NC(=O)Cc2cc(Cl)ccc2O)=CC1C(N)=O. The van der Waals surface area contributed by atoms with Crippen molar-refractivity contribution in [3.63, 3.8) is 0 Å². The number of primary amides is 1. The van der Waals surface area contributed by atoms with E-state index in [9.17, 15) is 14.7 Å². The average molecular weight is 364 g/mol. The highest BCUT2D eigenvalue weighted by atomic mass is 35.5. The molecule has 0 aliphatic carbocycles. The molecule has 0 aromatic heterocycles. The highest BCUT2D eigenvalue weighted by Gasteiger charge is 2.30. The Hall–Kier alpha value is -2.47. The molecule has 2 rings (SSSR count). The van der Waals surface area contributed by atoms with E-state index in [4.69, 9.17) is 17.3 Å². The Kier molecular flexibility index (Phi) is 5.42. The molecule has 1 aliphatic rings. The van der Waals surface area contributed by atoms with Gasteiger partial charge in [0.05, 0.1) is 6.42 Å². The molecule has 4 N–H and O–H groups in total. The lowest BCUT2D eigenvalue weighted by Crippen LogP contribution is -2.51. The number of benzene rings is 1. The zero-order valence-electron chi connectivity index (χ0n) is 14.4. The Labute approximate surface area is 151 Å². The third kappa shape index (κ3) is 4.76. The summed E-state index contributed by atoms with van der Waals surface area (Å²) in [7, 11) is 0. The monoisotopic (exact) mass is 363 g/mol. The fourth-order valence-corrected chi connectivity index (χ4v) is 2.77. The Morgan fingerprint density at radius 2 is 2.04 bits per heavy atom. The van der Waals surface area contributed by atoms with Crippen molar-refractivity contribution in [3.8, 4) is 5.75 Å². The first-order valence-corrected chi connectivity index (χ1v) is 8.21. The van der Waals surface area contributed by atoms with E-state index in [0.29, 0.717) is 16.3 Å². The summed E-state index contributed by atoms with van der Waals surface area (Å²) in [5.41, 5.74) is 6.10. The normalized spacial score (nSPS) is 17.2. The molecule has 1 atom stereocenters. The molecule has 0 saturated heterocycles. The summed E-state index contributed by atoms with van der Waals surface area (Å²) >= 11 is 5.88. The van der Waals surface area contributed by atoms with Gasteiger partial charge in [-0.25, -0.2) is 0 Å². The zero-order valence-corrected chi connectivity index (χ0v) is 15.2. The van der Waals surface area contributed by atoms with Crippen LogP contribution >= 0.6 is 11.6 Å². The summed E-state index contributed by atoms with van der Waals surface area (Å²) in [6.45, 7) is 5.89. The van der Waals surface area contributed by atoms with E-state index in [-0.39, 0.29) is 23.6 Å². The third-order valence-corrected chi connectivity index (χ3v) is 4.03. The molecule has 2 amide bonds. The topological polar surface area (TPSA) is 95.7 Å². The van der Waals surface area contributed by atoms with Crippen LogP contribution < -0.4 is 11.1 Å². The number of phenolic OH excluding ortho intramolecular Hbond substituents is 1. The maximum Gasteiger partial charge on any atom is 0.244 e. The number of rotatable bonds is 4. The number of nitrogens with zero attached hydrogens (tertiary/aromatic N) is 1. The van der Waals surface area contributed by atoms with Gasteiger partial charge < -0.3 is 21.1 Å². The predicted molar refractivity (Wildman–Crippen MR) is 96.8 cm³/mol. The smallest absolute Gasteiger partial charge is 0.244 e. The summed E-state index contributed by atoms with van der Waals surface area (Å²) in [6.07, 6.45) is 5.02. The number of carbonyl (C=O) groups excluding carboxylic acids is 2. The van der Waals surface area contributed by atoms with Crippen molar-refractivity contribution in [1.29, 1.82) is 0 Å².